The molecule has 0 radical (unpaired) electrons. The standard InChI is InChI=1S/C25H26FN3O12/c26-18-13(11-28-7-9-40-10-8-28)3-1-5-16(18)24(36,37)41-17-6-2-4-14-15(17)12-29(19(14)30)22(33)20(31)27-21(32)23(34,35)25(22,38)39/h1-6,33-39H,7-12H2,(H,27,31,32). The number of amides is 3. The number of benzene rings is 2. The first kappa shape index (κ1) is 28.9. The molecule has 15 nitrogen and oxygen atoms in total. The average Bonchev–Trinajstić information content (AvgIpc) is 3.26. The molecule has 3 aliphatic heterocycles. The highest BCUT2D eigenvalue weighted by molar-refractivity contribution is 6.10. The zero-order valence-electron chi connectivity index (χ0n) is 21.2. The van der Waals surface area contributed by atoms with Gasteiger partial charge >= 0.3 is 11.8 Å². The number of hydrogen-bond acceptors (Lipinski definition) is 13. The molecule has 220 valence electrons. The van der Waals surface area contributed by atoms with Crippen molar-refractivity contribution in [3.05, 3.63) is 64.5 Å². The highest BCUT2D eigenvalue weighted by Crippen LogP contribution is 2.43. The van der Waals surface area contributed by atoms with Crippen LogP contribution in [0.25, 0.3) is 0 Å². The largest absolute Gasteiger partial charge is 0.435 e. The number of nitrogens with one attached hydrogen (secondary N) is 1. The molecule has 41 heavy (non-hydrogen) atoms. The quantitative estimate of drug-likeness (QED) is 0.123. The van der Waals surface area contributed by atoms with Crippen LogP contribution in [-0.4, -0.2) is 107 Å². The third kappa shape index (κ3) is 4.37. The van der Waals surface area contributed by atoms with Gasteiger partial charge in [0.05, 0.1) is 25.3 Å². The Labute approximate surface area is 230 Å². The molecule has 3 heterocycles. The Balaban J connectivity index is 1.45. The molecule has 8 N–H and O–H groups in total. The fraction of sp³-hybridized carbons (Fsp3) is 0.400. The predicted octanol–water partition coefficient (Wildman–Crippen LogP) is -3.51. The number of ether oxygens (including phenoxy) is 2. The summed E-state index contributed by atoms with van der Waals surface area (Å²) in [6.45, 7) is 1.26. The number of aliphatic hydroxyl groups is 7. The summed E-state index contributed by atoms with van der Waals surface area (Å²) in [7, 11) is 0. The lowest BCUT2D eigenvalue weighted by Crippen LogP contribution is -2.85. The van der Waals surface area contributed by atoms with Crippen molar-refractivity contribution in [2.45, 2.75) is 36.4 Å². The van der Waals surface area contributed by atoms with E-state index in [0.29, 0.717) is 26.3 Å². The third-order valence-electron chi connectivity index (χ3n) is 7.33. The molecule has 3 amide bonds. The number of nitrogens with zero attached hydrogens (tertiary/aromatic N) is 2. The highest BCUT2D eigenvalue weighted by Gasteiger charge is 2.76. The Morgan fingerprint density at radius 3 is 2.32 bits per heavy atom. The normalized spacial score (nSPS) is 24.3. The second-order valence-electron chi connectivity index (χ2n) is 9.85. The van der Waals surface area contributed by atoms with E-state index < -0.39 is 64.7 Å². The Morgan fingerprint density at radius 2 is 1.63 bits per heavy atom. The maximum absolute atomic E-state index is 15.4. The Morgan fingerprint density at radius 1 is 0.976 bits per heavy atom. The maximum Gasteiger partial charge on any atom is 0.354 e. The van der Waals surface area contributed by atoms with Crippen LogP contribution in [0, 0.1) is 5.82 Å². The van der Waals surface area contributed by atoms with E-state index in [1.807, 2.05) is 4.90 Å². The lowest BCUT2D eigenvalue weighted by atomic mass is 9.86. The van der Waals surface area contributed by atoms with Crippen molar-refractivity contribution in [1.29, 1.82) is 0 Å². The molecule has 16 heteroatoms. The van der Waals surface area contributed by atoms with E-state index in [1.54, 1.807) is 0 Å². The van der Waals surface area contributed by atoms with E-state index in [0.717, 1.165) is 18.2 Å². The summed E-state index contributed by atoms with van der Waals surface area (Å²) in [6.07, 6.45) is 0. The van der Waals surface area contributed by atoms with Crippen LogP contribution < -0.4 is 10.1 Å². The van der Waals surface area contributed by atoms with Crippen LogP contribution in [-0.2, 0) is 33.4 Å². The summed E-state index contributed by atoms with van der Waals surface area (Å²) in [4.78, 5) is 39.5. The first-order valence-corrected chi connectivity index (χ1v) is 12.3. The summed E-state index contributed by atoms with van der Waals surface area (Å²) in [5.74, 6) is -18.3. The molecule has 2 saturated heterocycles. The second kappa shape index (κ2) is 9.76. The molecule has 1 atom stereocenters. The van der Waals surface area contributed by atoms with Gasteiger partial charge in [0.1, 0.15) is 11.6 Å². The van der Waals surface area contributed by atoms with Gasteiger partial charge < -0.3 is 45.2 Å². The summed E-state index contributed by atoms with van der Waals surface area (Å²) < 4.78 is 26.0. The molecule has 0 aromatic heterocycles. The maximum atomic E-state index is 15.4. The van der Waals surface area contributed by atoms with Gasteiger partial charge in [0.25, 0.3) is 29.2 Å². The fourth-order valence-corrected chi connectivity index (χ4v) is 4.97. The van der Waals surface area contributed by atoms with E-state index >= 15 is 4.39 Å². The molecule has 2 aromatic rings. The van der Waals surface area contributed by atoms with Crippen LogP contribution >= 0.6 is 0 Å². The van der Waals surface area contributed by atoms with Crippen LogP contribution in [0.4, 0.5) is 4.39 Å². The zero-order chi connectivity index (χ0) is 30.0. The Bertz CT molecular complexity index is 1420. The highest BCUT2D eigenvalue weighted by atomic mass is 19.1. The number of halogens is 1. The van der Waals surface area contributed by atoms with Crippen molar-refractivity contribution in [1.82, 2.24) is 15.1 Å². The van der Waals surface area contributed by atoms with Crippen LogP contribution in [0.2, 0.25) is 0 Å². The number of piperidine rings is 1. The van der Waals surface area contributed by atoms with Crippen molar-refractivity contribution in [3.8, 4) is 5.75 Å². The van der Waals surface area contributed by atoms with E-state index in [2.05, 4.69) is 0 Å². The van der Waals surface area contributed by atoms with Crippen molar-refractivity contribution < 1.29 is 64.0 Å². The molecular weight excluding hydrogens is 553 g/mol. The van der Waals surface area contributed by atoms with Gasteiger partial charge in [-0.15, -0.1) is 0 Å². The van der Waals surface area contributed by atoms with E-state index in [-0.39, 0.29) is 28.1 Å². The van der Waals surface area contributed by atoms with Gasteiger partial charge in [-0.25, -0.2) is 4.39 Å². The summed E-state index contributed by atoms with van der Waals surface area (Å²) in [5, 5.41) is 74.5. The van der Waals surface area contributed by atoms with Crippen molar-refractivity contribution in [2.24, 2.45) is 0 Å². The molecule has 1 unspecified atom stereocenters. The van der Waals surface area contributed by atoms with Crippen molar-refractivity contribution >= 4 is 17.7 Å². The van der Waals surface area contributed by atoms with Crippen LogP contribution in [0.15, 0.2) is 36.4 Å². The lowest BCUT2D eigenvalue weighted by molar-refractivity contribution is -0.408. The Kier molecular flexibility index (Phi) is 6.89. The molecule has 0 bridgehead atoms. The summed E-state index contributed by atoms with van der Waals surface area (Å²) in [5.41, 5.74) is -4.92. The molecule has 5 rings (SSSR count). The predicted molar refractivity (Wildman–Crippen MR) is 128 cm³/mol. The average molecular weight is 579 g/mol. The third-order valence-corrected chi connectivity index (χ3v) is 7.33. The minimum atomic E-state index is -4.32. The molecule has 2 fully saturated rings. The van der Waals surface area contributed by atoms with E-state index in [4.69, 9.17) is 9.47 Å². The van der Waals surface area contributed by atoms with Gasteiger partial charge in [-0.2, -0.15) is 0 Å². The monoisotopic (exact) mass is 579 g/mol. The van der Waals surface area contributed by atoms with E-state index in [9.17, 15) is 50.1 Å². The number of hydrogen-bond donors (Lipinski definition) is 8. The number of imide groups is 1. The van der Waals surface area contributed by atoms with Gasteiger partial charge in [-0.3, -0.25) is 29.5 Å². The number of carbonyl (C=O) groups is 3. The summed E-state index contributed by atoms with van der Waals surface area (Å²) in [6, 6.07) is 7.42. The van der Waals surface area contributed by atoms with Gasteiger partial charge in [0, 0.05) is 36.3 Å². The van der Waals surface area contributed by atoms with Crippen LogP contribution in [0.5, 0.6) is 5.75 Å². The van der Waals surface area contributed by atoms with Crippen LogP contribution in [0.1, 0.15) is 27.0 Å². The first-order valence-electron chi connectivity index (χ1n) is 12.3. The Hall–Kier alpha value is -3.58. The molecule has 0 aliphatic carbocycles. The van der Waals surface area contributed by atoms with Crippen LogP contribution in [0.3, 0.4) is 0 Å². The minimum absolute atomic E-state index is 0.119. The van der Waals surface area contributed by atoms with Gasteiger partial charge in [0.2, 0.25) is 0 Å². The first-order chi connectivity index (χ1) is 19.1. The van der Waals surface area contributed by atoms with Crippen molar-refractivity contribution in [2.75, 3.05) is 26.3 Å². The topological polar surface area (TPSA) is 230 Å². The number of morpholine rings is 1. The lowest BCUT2D eigenvalue weighted by Gasteiger charge is -2.50. The van der Waals surface area contributed by atoms with Gasteiger partial charge in [-0.05, 0) is 18.2 Å². The SMILES string of the molecule is O=C1c2cccc(OC(O)(O)c3cccc(CN4CCOCC4)c3F)c2CN1C1(O)C(=O)NC(=O)C(O)(O)C1(O)O. The fourth-order valence-electron chi connectivity index (χ4n) is 4.97. The molecule has 0 spiro atoms. The van der Waals surface area contributed by atoms with Gasteiger partial charge in [0.15, 0.2) is 0 Å². The van der Waals surface area contributed by atoms with E-state index in [1.165, 1.54) is 23.5 Å². The molecular formula is C25H26FN3O12. The number of rotatable bonds is 6. The molecule has 0 saturated carbocycles. The number of fused-ring (bicyclic) bond motifs is 1. The zero-order valence-corrected chi connectivity index (χ0v) is 21.2. The smallest absolute Gasteiger partial charge is 0.354 e. The van der Waals surface area contributed by atoms with Crippen molar-refractivity contribution in [3.63, 3.8) is 0 Å². The molecule has 2 aromatic carbocycles. The second-order valence-corrected chi connectivity index (χ2v) is 9.85. The minimum Gasteiger partial charge on any atom is -0.435 e. The van der Waals surface area contributed by atoms with Gasteiger partial charge in [-0.1, -0.05) is 18.2 Å². The molecule has 3 aliphatic rings. The number of carbonyl (C=O) groups excluding carboxylic acids is 3. The summed E-state index contributed by atoms with van der Waals surface area (Å²) >= 11 is 0.